The first-order valence-corrected chi connectivity index (χ1v) is 17.5. The summed E-state index contributed by atoms with van der Waals surface area (Å²) >= 11 is 0. The van der Waals surface area contributed by atoms with E-state index in [0.29, 0.717) is 0 Å². The molecule has 0 rings (SSSR count). The molecule has 0 fully saturated rings. The Morgan fingerprint density at radius 3 is 1.03 bits per heavy atom. The van der Waals surface area contributed by atoms with E-state index in [2.05, 4.69) is 43.9 Å². The lowest BCUT2D eigenvalue weighted by Crippen LogP contribution is -1.83. The zero-order valence-electron chi connectivity index (χ0n) is 26.0. The van der Waals surface area contributed by atoms with Crippen LogP contribution in [0, 0.1) is 0 Å². The van der Waals surface area contributed by atoms with Gasteiger partial charge in [-0.1, -0.05) is 187 Å². The summed E-state index contributed by atoms with van der Waals surface area (Å²) in [5.74, 6) is 0. The fraction of sp³-hybridized carbons (Fsp3) is 0.865. The molecule has 0 aromatic carbocycles. The van der Waals surface area contributed by atoms with E-state index in [1.165, 1.54) is 186 Å². The van der Waals surface area contributed by atoms with Gasteiger partial charge in [-0.3, -0.25) is 0 Å². The van der Waals surface area contributed by atoms with E-state index in [4.69, 9.17) is 0 Å². The van der Waals surface area contributed by atoms with Crippen LogP contribution in [0.5, 0.6) is 0 Å². The molecule has 0 saturated heterocycles. The standard InChI is InChI=1S/C37H70/c1-3-5-7-9-11-13-15-17-19-21-23-25-27-29-31-33-35-37-36-34-32-30-28-26-24-22-20-18-16-14-12-10-8-6-4-2/h29,31,35-36H,3-28,30,32-34H2,1-2H3. The minimum absolute atomic E-state index is 1.05. The normalized spacial score (nSPS) is 11.3. The largest absolute Gasteiger partial charge is 0.129 e. The van der Waals surface area contributed by atoms with Gasteiger partial charge in [0.15, 0.2) is 0 Å². The molecular formula is C37H70. The first kappa shape index (κ1) is 36.3. The molecule has 0 amide bonds. The van der Waals surface area contributed by atoms with E-state index in [1.807, 2.05) is 0 Å². The molecule has 218 valence electrons. The zero-order chi connectivity index (χ0) is 26.7. The van der Waals surface area contributed by atoms with Gasteiger partial charge in [0.1, 0.15) is 0 Å². The van der Waals surface area contributed by atoms with Crippen LogP contribution < -0.4 is 0 Å². The first-order chi connectivity index (χ1) is 18.4. The molecule has 0 aromatic rings. The van der Waals surface area contributed by atoms with Crippen molar-refractivity contribution >= 4 is 0 Å². The van der Waals surface area contributed by atoms with Crippen molar-refractivity contribution in [2.24, 2.45) is 0 Å². The molecule has 0 heterocycles. The summed E-state index contributed by atoms with van der Waals surface area (Å²) in [6.45, 7) is 4.60. The van der Waals surface area contributed by atoms with Gasteiger partial charge in [-0.25, -0.2) is 0 Å². The Bertz CT molecular complexity index is 478. The third-order valence-electron chi connectivity index (χ3n) is 7.83. The molecule has 0 aliphatic rings. The highest BCUT2D eigenvalue weighted by molar-refractivity contribution is 4.93. The Kier molecular flexibility index (Phi) is 34.6. The highest BCUT2D eigenvalue weighted by Crippen LogP contribution is 2.14. The number of rotatable bonds is 31. The van der Waals surface area contributed by atoms with Crippen LogP contribution in [0.25, 0.3) is 0 Å². The molecule has 0 aliphatic carbocycles. The molecule has 0 aromatic heterocycles. The quantitative estimate of drug-likeness (QED) is 0.0490. The summed E-state index contributed by atoms with van der Waals surface area (Å²) < 4.78 is 0. The molecule has 0 aliphatic heterocycles. The summed E-state index contributed by atoms with van der Waals surface area (Å²) in [4.78, 5) is 0. The van der Waals surface area contributed by atoms with Gasteiger partial charge in [-0.05, 0) is 44.3 Å². The molecule has 0 unspecified atom stereocenters. The average Bonchev–Trinajstić information content (AvgIpc) is 2.91. The first-order valence-electron chi connectivity index (χ1n) is 17.5. The van der Waals surface area contributed by atoms with E-state index in [1.54, 1.807) is 0 Å². The second-order valence-corrected chi connectivity index (χ2v) is 11.7. The van der Waals surface area contributed by atoms with Crippen molar-refractivity contribution in [1.82, 2.24) is 0 Å². The molecule has 0 atom stereocenters. The van der Waals surface area contributed by atoms with E-state index in [0.717, 1.165) is 6.42 Å². The van der Waals surface area contributed by atoms with Crippen LogP contribution in [-0.2, 0) is 0 Å². The maximum absolute atomic E-state index is 3.38. The van der Waals surface area contributed by atoms with Crippen molar-refractivity contribution in [2.45, 2.75) is 206 Å². The van der Waals surface area contributed by atoms with Gasteiger partial charge < -0.3 is 0 Å². The van der Waals surface area contributed by atoms with Crippen LogP contribution in [0.15, 0.2) is 30.0 Å². The van der Waals surface area contributed by atoms with Crippen molar-refractivity contribution in [3.8, 4) is 0 Å². The Morgan fingerprint density at radius 1 is 0.324 bits per heavy atom. The molecule has 0 radical (unpaired) electrons. The highest BCUT2D eigenvalue weighted by atomic mass is 14.0. The third kappa shape index (κ3) is 35.3. The lowest BCUT2D eigenvalue weighted by atomic mass is 10.0. The summed E-state index contributed by atoms with van der Waals surface area (Å²) in [7, 11) is 0. The Balaban J connectivity index is 3.22. The van der Waals surface area contributed by atoms with Crippen LogP contribution >= 0.6 is 0 Å². The van der Waals surface area contributed by atoms with Gasteiger partial charge in [-0.2, -0.15) is 0 Å². The number of unbranched alkanes of at least 4 members (excludes halogenated alkanes) is 27. The monoisotopic (exact) mass is 515 g/mol. The van der Waals surface area contributed by atoms with Gasteiger partial charge in [0.2, 0.25) is 0 Å². The minimum Gasteiger partial charge on any atom is -0.129 e. The molecule has 0 saturated carbocycles. The molecule has 0 N–H and O–H groups in total. The van der Waals surface area contributed by atoms with Crippen molar-refractivity contribution in [2.75, 3.05) is 0 Å². The van der Waals surface area contributed by atoms with Crippen molar-refractivity contribution < 1.29 is 0 Å². The van der Waals surface area contributed by atoms with Crippen LogP contribution in [0.1, 0.15) is 206 Å². The summed E-state index contributed by atoms with van der Waals surface area (Å²) in [6, 6.07) is 0. The predicted molar refractivity (Wildman–Crippen MR) is 172 cm³/mol. The van der Waals surface area contributed by atoms with Crippen LogP contribution in [-0.4, -0.2) is 0 Å². The van der Waals surface area contributed by atoms with Crippen molar-refractivity contribution in [3.05, 3.63) is 30.0 Å². The van der Waals surface area contributed by atoms with Crippen LogP contribution in [0.2, 0.25) is 0 Å². The predicted octanol–water partition coefficient (Wildman–Crippen LogP) is 14.0. The Morgan fingerprint density at radius 2 is 0.649 bits per heavy atom. The second kappa shape index (κ2) is 35.3. The highest BCUT2D eigenvalue weighted by Gasteiger charge is 1.95. The molecular weight excluding hydrogens is 444 g/mol. The number of hydrogen-bond acceptors (Lipinski definition) is 0. The smallest absolute Gasteiger partial charge is 0.00930 e. The van der Waals surface area contributed by atoms with E-state index in [-0.39, 0.29) is 0 Å². The van der Waals surface area contributed by atoms with Crippen molar-refractivity contribution in [1.29, 1.82) is 0 Å². The van der Waals surface area contributed by atoms with Gasteiger partial charge in [0.25, 0.3) is 0 Å². The van der Waals surface area contributed by atoms with Gasteiger partial charge in [0, 0.05) is 0 Å². The van der Waals surface area contributed by atoms with Gasteiger partial charge in [0.05, 0.1) is 0 Å². The lowest BCUT2D eigenvalue weighted by Gasteiger charge is -2.03. The fourth-order valence-electron chi connectivity index (χ4n) is 5.24. The van der Waals surface area contributed by atoms with Gasteiger partial charge >= 0.3 is 0 Å². The molecule has 0 nitrogen and oxygen atoms in total. The topological polar surface area (TPSA) is 0 Å². The molecule has 0 spiro atoms. The summed E-state index contributed by atoms with van der Waals surface area (Å²) in [5.41, 5.74) is 3.38. The number of hydrogen-bond donors (Lipinski definition) is 0. The second-order valence-electron chi connectivity index (χ2n) is 11.7. The van der Waals surface area contributed by atoms with E-state index >= 15 is 0 Å². The van der Waals surface area contributed by atoms with Crippen LogP contribution in [0.4, 0.5) is 0 Å². The van der Waals surface area contributed by atoms with E-state index < -0.39 is 0 Å². The zero-order valence-corrected chi connectivity index (χ0v) is 26.0. The SMILES string of the molecule is CCCCCCCCCCCCCCC=CCC=C=CCCCCCCCCCCCCCCCCC. The molecule has 0 bridgehead atoms. The number of allylic oxidation sites excluding steroid dienone is 3. The third-order valence-corrected chi connectivity index (χ3v) is 7.83. The van der Waals surface area contributed by atoms with Crippen molar-refractivity contribution in [3.63, 3.8) is 0 Å². The molecule has 37 heavy (non-hydrogen) atoms. The Hall–Kier alpha value is -0.740. The fourth-order valence-corrected chi connectivity index (χ4v) is 5.24. The summed E-state index contributed by atoms with van der Waals surface area (Å²) in [5, 5.41) is 0. The lowest BCUT2D eigenvalue weighted by molar-refractivity contribution is 0.533. The minimum atomic E-state index is 1.05. The Labute approximate surface area is 236 Å². The maximum Gasteiger partial charge on any atom is -0.00930 e. The summed E-state index contributed by atoms with van der Waals surface area (Å²) in [6.07, 6.45) is 51.5. The molecule has 0 heteroatoms. The van der Waals surface area contributed by atoms with Crippen LogP contribution in [0.3, 0.4) is 0 Å². The average molecular weight is 515 g/mol. The maximum atomic E-state index is 3.38. The van der Waals surface area contributed by atoms with Gasteiger partial charge in [-0.15, -0.1) is 5.73 Å². The van der Waals surface area contributed by atoms with E-state index in [9.17, 15) is 0 Å².